The molecule has 1 N–H and O–H groups in total. The van der Waals surface area contributed by atoms with Gasteiger partial charge in [0, 0.05) is 16.8 Å². The second-order valence-electron chi connectivity index (χ2n) is 5.38. The molecule has 1 amide bonds. The Hall–Kier alpha value is -2.96. The maximum Gasteiger partial charge on any atom is 0.416 e. The van der Waals surface area contributed by atoms with E-state index in [1.165, 1.54) is 6.07 Å². The van der Waals surface area contributed by atoms with Crippen LogP contribution in [-0.2, 0) is 11.0 Å². The van der Waals surface area contributed by atoms with E-state index in [4.69, 9.17) is 9.47 Å². The number of fused-ring (bicyclic) bond motifs is 2. The molecule has 122 valence electrons. The molecular weight excluding hydrogens is 323 g/mol. The van der Waals surface area contributed by atoms with Gasteiger partial charge in [-0.3, -0.25) is 4.79 Å². The van der Waals surface area contributed by atoms with Crippen LogP contribution in [0.2, 0.25) is 0 Å². The van der Waals surface area contributed by atoms with Crippen LogP contribution in [0, 0.1) is 0 Å². The number of amides is 1. The van der Waals surface area contributed by atoms with Gasteiger partial charge >= 0.3 is 6.18 Å². The zero-order valence-electron chi connectivity index (χ0n) is 12.1. The van der Waals surface area contributed by atoms with Crippen molar-refractivity contribution in [1.82, 2.24) is 0 Å². The van der Waals surface area contributed by atoms with Gasteiger partial charge in [-0.2, -0.15) is 13.2 Å². The lowest BCUT2D eigenvalue weighted by atomic mass is 10.0. The highest BCUT2D eigenvalue weighted by Gasteiger charge is 2.33. The minimum absolute atomic E-state index is 0.138. The summed E-state index contributed by atoms with van der Waals surface area (Å²) in [6.07, 6.45) is -2.85. The first-order valence-corrected chi connectivity index (χ1v) is 7.06. The summed E-state index contributed by atoms with van der Waals surface area (Å²) in [5.41, 5.74) is 0.785. The number of ether oxygens (including phenoxy) is 2. The summed E-state index contributed by atoms with van der Waals surface area (Å²) in [5, 5.41) is 2.47. The fourth-order valence-electron chi connectivity index (χ4n) is 2.68. The van der Waals surface area contributed by atoms with Gasteiger partial charge < -0.3 is 14.8 Å². The summed E-state index contributed by atoms with van der Waals surface area (Å²) in [4.78, 5) is 12.1. The predicted octanol–water partition coefficient (Wildman–Crippen LogP) is 3.93. The molecule has 0 saturated heterocycles. The molecule has 0 atom stereocenters. The van der Waals surface area contributed by atoms with Crippen LogP contribution in [0.1, 0.15) is 16.7 Å². The summed E-state index contributed by atoms with van der Waals surface area (Å²) >= 11 is 0. The molecule has 2 aromatic rings. The van der Waals surface area contributed by atoms with E-state index in [2.05, 4.69) is 5.32 Å². The van der Waals surface area contributed by atoms with E-state index in [1.54, 1.807) is 24.3 Å². The Kier molecular flexibility index (Phi) is 3.06. The van der Waals surface area contributed by atoms with Gasteiger partial charge in [0.1, 0.15) is 0 Å². The third kappa shape index (κ3) is 2.38. The number of carbonyl (C=O) groups is 1. The first-order chi connectivity index (χ1) is 11.4. The van der Waals surface area contributed by atoms with Crippen LogP contribution in [0.3, 0.4) is 0 Å². The van der Waals surface area contributed by atoms with E-state index < -0.39 is 17.6 Å². The van der Waals surface area contributed by atoms with Crippen LogP contribution in [0.25, 0.3) is 11.6 Å². The van der Waals surface area contributed by atoms with Crippen molar-refractivity contribution in [3.63, 3.8) is 0 Å². The lowest BCUT2D eigenvalue weighted by Crippen LogP contribution is -2.06. The molecule has 0 unspecified atom stereocenters. The molecule has 0 fully saturated rings. The highest BCUT2D eigenvalue weighted by atomic mass is 19.4. The largest absolute Gasteiger partial charge is 0.454 e. The minimum Gasteiger partial charge on any atom is -0.454 e. The Morgan fingerprint density at radius 2 is 1.83 bits per heavy atom. The molecule has 4 rings (SSSR count). The number of benzene rings is 2. The quantitative estimate of drug-likeness (QED) is 0.805. The fourth-order valence-corrected chi connectivity index (χ4v) is 2.68. The van der Waals surface area contributed by atoms with Gasteiger partial charge in [0.25, 0.3) is 5.91 Å². The molecule has 0 bridgehead atoms. The average Bonchev–Trinajstić information content (AvgIpc) is 3.10. The van der Waals surface area contributed by atoms with Gasteiger partial charge in [0.2, 0.25) is 6.79 Å². The van der Waals surface area contributed by atoms with Crippen molar-refractivity contribution >= 4 is 23.2 Å². The standard InChI is InChI=1S/C17H10F3NO3/c18-17(19,20)10-2-3-11-12(16(22)21-13(11)7-10)5-9-1-4-14-15(6-9)24-8-23-14/h1-7H,8H2,(H,21,22)/b12-5-. The summed E-state index contributed by atoms with van der Waals surface area (Å²) in [6, 6.07) is 8.38. The number of halogens is 3. The van der Waals surface area contributed by atoms with E-state index in [0.717, 1.165) is 12.1 Å². The molecular formula is C17H10F3NO3. The number of hydrogen-bond donors (Lipinski definition) is 1. The first-order valence-electron chi connectivity index (χ1n) is 7.06. The van der Waals surface area contributed by atoms with Crippen LogP contribution in [0.15, 0.2) is 36.4 Å². The Morgan fingerprint density at radius 1 is 1.04 bits per heavy atom. The highest BCUT2D eigenvalue weighted by Crippen LogP contribution is 2.39. The van der Waals surface area contributed by atoms with E-state index in [1.807, 2.05) is 0 Å². The first kappa shape index (κ1) is 14.6. The summed E-state index contributed by atoms with van der Waals surface area (Å²) < 4.78 is 48.8. The number of rotatable bonds is 1. The van der Waals surface area contributed by atoms with Gasteiger partial charge in [-0.05, 0) is 35.9 Å². The fraction of sp³-hybridized carbons (Fsp3) is 0.118. The van der Waals surface area contributed by atoms with Gasteiger partial charge in [-0.1, -0.05) is 12.1 Å². The lowest BCUT2D eigenvalue weighted by molar-refractivity contribution is -0.137. The Labute approximate surface area is 134 Å². The maximum atomic E-state index is 12.8. The number of nitrogens with one attached hydrogen (secondary N) is 1. The Bertz CT molecular complexity index is 887. The van der Waals surface area contributed by atoms with Gasteiger partial charge in [-0.25, -0.2) is 0 Å². The van der Waals surface area contributed by atoms with Crippen molar-refractivity contribution in [3.8, 4) is 11.5 Å². The second-order valence-corrected chi connectivity index (χ2v) is 5.38. The molecule has 0 spiro atoms. The molecule has 2 aliphatic rings. The number of alkyl halides is 3. The zero-order chi connectivity index (χ0) is 16.9. The maximum absolute atomic E-state index is 12.8. The number of hydrogen-bond acceptors (Lipinski definition) is 3. The summed E-state index contributed by atoms with van der Waals surface area (Å²) in [5.74, 6) is 0.737. The van der Waals surface area contributed by atoms with E-state index in [-0.39, 0.29) is 12.5 Å². The topological polar surface area (TPSA) is 47.6 Å². The van der Waals surface area contributed by atoms with Crippen LogP contribution in [0.5, 0.6) is 11.5 Å². The van der Waals surface area contributed by atoms with Crippen molar-refractivity contribution in [2.75, 3.05) is 12.1 Å². The average molecular weight is 333 g/mol. The molecule has 2 heterocycles. The van der Waals surface area contributed by atoms with E-state index in [9.17, 15) is 18.0 Å². The van der Waals surface area contributed by atoms with Crippen LogP contribution < -0.4 is 14.8 Å². The van der Waals surface area contributed by atoms with Crippen LogP contribution in [-0.4, -0.2) is 12.7 Å². The van der Waals surface area contributed by atoms with Crippen molar-refractivity contribution in [2.24, 2.45) is 0 Å². The van der Waals surface area contributed by atoms with Gasteiger partial charge in [0.15, 0.2) is 11.5 Å². The molecule has 7 heteroatoms. The number of anilines is 1. The Morgan fingerprint density at radius 3 is 2.62 bits per heavy atom. The molecule has 0 aromatic heterocycles. The minimum atomic E-state index is -4.45. The molecule has 2 aliphatic heterocycles. The van der Waals surface area contributed by atoms with Gasteiger partial charge in [-0.15, -0.1) is 0 Å². The molecule has 4 nitrogen and oxygen atoms in total. The second kappa shape index (κ2) is 5.02. The van der Waals surface area contributed by atoms with Crippen molar-refractivity contribution in [2.45, 2.75) is 6.18 Å². The van der Waals surface area contributed by atoms with Gasteiger partial charge in [0.05, 0.1) is 5.56 Å². The predicted molar refractivity (Wildman–Crippen MR) is 80.5 cm³/mol. The van der Waals surface area contributed by atoms with Crippen molar-refractivity contribution < 1.29 is 27.4 Å². The van der Waals surface area contributed by atoms with E-state index in [0.29, 0.717) is 28.2 Å². The molecule has 0 aliphatic carbocycles. The SMILES string of the molecule is O=C1Nc2cc(C(F)(F)F)ccc2/C1=C/c1ccc2c(c1)OCO2. The van der Waals surface area contributed by atoms with Crippen molar-refractivity contribution in [3.05, 3.63) is 53.1 Å². The van der Waals surface area contributed by atoms with Crippen molar-refractivity contribution in [1.29, 1.82) is 0 Å². The normalized spacial score (nSPS) is 17.1. The molecule has 0 radical (unpaired) electrons. The third-order valence-electron chi connectivity index (χ3n) is 3.84. The number of carbonyl (C=O) groups excluding carboxylic acids is 1. The zero-order valence-corrected chi connectivity index (χ0v) is 12.1. The summed E-state index contributed by atoms with van der Waals surface area (Å²) in [7, 11) is 0. The lowest BCUT2D eigenvalue weighted by Gasteiger charge is -2.08. The van der Waals surface area contributed by atoms with Crippen LogP contribution in [0.4, 0.5) is 18.9 Å². The summed E-state index contributed by atoms with van der Waals surface area (Å²) in [6.45, 7) is 0.138. The van der Waals surface area contributed by atoms with Crippen LogP contribution >= 0.6 is 0 Å². The molecule has 2 aromatic carbocycles. The molecule has 24 heavy (non-hydrogen) atoms. The van der Waals surface area contributed by atoms with E-state index >= 15 is 0 Å². The third-order valence-corrected chi connectivity index (χ3v) is 3.84. The Balaban J connectivity index is 1.74. The highest BCUT2D eigenvalue weighted by molar-refractivity contribution is 6.34. The monoisotopic (exact) mass is 333 g/mol. The molecule has 0 saturated carbocycles. The smallest absolute Gasteiger partial charge is 0.416 e.